The Labute approximate surface area is 147 Å². The zero-order valence-corrected chi connectivity index (χ0v) is 14.3. The third-order valence-corrected chi connectivity index (χ3v) is 4.38. The zero-order chi connectivity index (χ0) is 17.1. The van der Waals surface area contributed by atoms with Gasteiger partial charge in [0, 0.05) is 24.3 Å². The second-order valence-corrected chi connectivity index (χ2v) is 6.20. The van der Waals surface area contributed by atoms with Crippen molar-refractivity contribution in [2.45, 2.75) is 13.5 Å². The van der Waals surface area contributed by atoms with E-state index >= 15 is 0 Å². The lowest BCUT2D eigenvalue weighted by atomic mass is 10.1. The largest absolute Gasteiger partial charge is 0.489 e. The van der Waals surface area contributed by atoms with Crippen LogP contribution in [0.2, 0.25) is 0 Å². The van der Waals surface area contributed by atoms with Crippen molar-refractivity contribution in [3.8, 4) is 11.4 Å². The SMILES string of the molecule is Cc1ncc(CNCC2=Cc3ccccc3OC2)n1-c1ccccc1. The van der Waals surface area contributed by atoms with Crippen molar-refractivity contribution in [1.82, 2.24) is 14.9 Å². The quantitative estimate of drug-likeness (QED) is 0.774. The maximum absolute atomic E-state index is 5.81. The van der Waals surface area contributed by atoms with Gasteiger partial charge < -0.3 is 10.1 Å². The smallest absolute Gasteiger partial charge is 0.127 e. The van der Waals surface area contributed by atoms with E-state index in [-0.39, 0.29) is 0 Å². The minimum absolute atomic E-state index is 0.640. The van der Waals surface area contributed by atoms with Crippen molar-refractivity contribution in [3.63, 3.8) is 0 Å². The first kappa shape index (κ1) is 15.7. The lowest BCUT2D eigenvalue weighted by Crippen LogP contribution is -2.22. The molecule has 2 aromatic carbocycles. The second kappa shape index (κ2) is 6.95. The van der Waals surface area contributed by atoms with Gasteiger partial charge in [0.15, 0.2) is 0 Å². The van der Waals surface area contributed by atoms with E-state index in [9.17, 15) is 0 Å². The summed E-state index contributed by atoms with van der Waals surface area (Å²) in [6.45, 7) is 4.23. The van der Waals surface area contributed by atoms with Crippen LogP contribution in [0.25, 0.3) is 11.8 Å². The van der Waals surface area contributed by atoms with Crippen molar-refractivity contribution in [2.24, 2.45) is 0 Å². The van der Waals surface area contributed by atoms with Crippen LogP contribution in [0.1, 0.15) is 17.1 Å². The first-order valence-corrected chi connectivity index (χ1v) is 8.52. The van der Waals surface area contributed by atoms with Crippen LogP contribution in [0.5, 0.6) is 5.75 Å². The van der Waals surface area contributed by atoms with Crippen LogP contribution < -0.4 is 10.1 Å². The first-order chi connectivity index (χ1) is 12.3. The fraction of sp³-hybridized carbons (Fsp3) is 0.190. The van der Waals surface area contributed by atoms with Crippen LogP contribution in [0, 0.1) is 6.92 Å². The third-order valence-electron chi connectivity index (χ3n) is 4.38. The summed E-state index contributed by atoms with van der Waals surface area (Å²) in [6, 6.07) is 18.5. The average molecular weight is 331 g/mol. The molecular weight excluding hydrogens is 310 g/mol. The number of hydrogen-bond acceptors (Lipinski definition) is 3. The minimum atomic E-state index is 0.640. The molecule has 0 unspecified atom stereocenters. The normalized spacial score (nSPS) is 13.1. The Morgan fingerprint density at radius 2 is 1.84 bits per heavy atom. The van der Waals surface area contributed by atoms with E-state index in [1.54, 1.807) is 0 Å². The molecule has 0 atom stereocenters. The monoisotopic (exact) mass is 331 g/mol. The van der Waals surface area contributed by atoms with Gasteiger partial charge in [0.05, 0.1) is 11.9 Å². The lowest BCUT2D eigenvalue weighted by molar-refractivity contribution is 0.343. The van der Waals surface area contributed by atoms with Crippen LogP contribution in [0.15, 0.2) is 66.4 Å². The van der Waals surface area contributed by atoms with Gasteiger partial charge >= 0.3 is 0 Å². The van der Waals surface area contributed by atoms with Gasteiger partial charge in [-0.2, -0.15) is 0 Å². The summed E-state index contributed by atoms with van der Waals surface area (Å²) in [7, 11) is 0. The number of hydrogen-bond donors (Lipinski definition) is 1. The van der Waals surface area contributed by atoms with E-state index in [0.29, 0.717) is 6.61 Å². The molecule has 1 aromatic heterocycles. The highest BCUT2D eigenvalue weighted by molar-refractivity contribution is 5.62. The van der Waals surface area contributed by atoms with Gasteiger partial charge in [0.1, 0.15) is 18.2 Å². The number of aromatic nitrogens is 2. The predicted octanol–water partition coefficient (Wildman–Crippen LogP) is 3.75. The highest BCUT2D eigenvalue weighted by atomic mass is 16.5. The minimum Gasteiger partial charge on any atom is -0.489 e. The third kappa shape index (κ3) is 3.35. The maximum atomic E-state index is 5.81. The molecule has 0 amide bonds. The fourth-order valence-electron chi connectivity index (χ4n) is 3.16. The van der Waals surface area contributed by atoms with Crippen molar-refractivity contribution >= 4 is 6.08 Å². The molecule has 3 aromatic rings. The van der Waals surface area contributed by atoms with E-state index in [1.165, 1.54) is 5.57 Å². The van der Waals surface area contributed by atoms with Crippen LogP contribution in [0.3, 0.4) is 0 Å². The molecule has 0 bridgehead atoms. The van der Waals surface area contributed by atoms with Crippen molar-refractivity contribution in [2.75, 3.05) is 13.2 Å². The Kier molecular flexibility index (Phi) is 4.36. The second-order valence-electron chi connectivity index (χ2n) is 6.20. The Morgan fingerprint density at radius 1 is 1.04 bits per heavy atom. The van der Waals surface area contributed by atoms with Gasteiger partial charge in [0.2, 0.25) is 0 Å². The Morgan fingerprint density at radius 3 is 2.72 bits per heavy atom. The summed E-state index contributed by atoms with van der Waals surface area (Å²) in [6.07, 6.45) is 4.15. The van der Waals surface area contributed by atoms with E-state index in [4.69, 9.17) is 4.74 Å². The number of rotatable bonds is 5. The molecule has 1 N–H and O–H groups in total. The molecule has 25 heavy (non-hydrogen) atoms. The molecular formula is C21H21N3O. The lowest BCUT2D eigenvalue weighted by Gasteiger charge is -2.18. The predicted molar refractivity (Wildman–Crippen MR) is 99.9 cm³/mol. The van der Waals surface area contributed by atoms with Gasteiger partial charge in [-0.05, 0) is 36.8 Å². The number of nitrogens with one attached hydrogen (secondary N) is 1. The highest BCUT2D eigenvalue weighted by Gasteiger charge is 2.12. The summed E-state index contributed by atoms with van der Waals surface area (Å²) in [5.74, 6) is 1.96. The Balaban J connectivity index is 1.44. The van der Waals surface area contributed by atoms with Gasteiger partial charge in [-0.1, -0.05) is 36.4 Å². The topological polar surface area (TPSA) is 39.1 Å². The van der Waals surface area contributed by atoms with Gasteiger partial charge in [0.25, 0.3) is 0 Å². The molecule has 1 aliphatic heterocycles. The Hall–Kier alpha value is -2.85. The zero-order valence-electron chi connectivity index (χ0n) is 14.3. The maximum Gasteiger partial charge on any atom is 0.127 e. The molecule has 0 fully saturated rings. The number of para-hydroxylation sites is 2. The average Bonchev–Trinajstić information content (AvgIpc) is 3.03. The first-order valence-electron chi connectivity index (χ1n) is 8.52. The summed E-state index contributed by atoms with van der Waals surface area (Å²) >= 11 is 0. The highest BCUT2D eigenvalue weighted by Crippen LogP contribution is 2.25. The van der Waals surface area contributed by atoms with Gasteiger partial charge in [-0.3, -0.25) is 4.57 Å². The molecule has 0 radical (unpaired) electrons. The van der Waals surface area contributed by atoms with Crippen molar-refractivity contribution in [3.05, 3.63) is 83.4 Å². The molecule has 0 saturated carbocycles. The molecule has 0 spiro atoms. The summed E-state index contributed by atoms with van der Waals surface area (Å²) < 4.78 is 8.00. The molecule has 0 aliphatic carbocycles. The number of aryl methyl sites for hydroxylation is 1. The van der Waals surface area contributed by atoms with E-state index in [2.05, 4.69) is 39.1 Å². The number of imidazole rings is 1. The number of nitrogens with zero attached hydrogens (tertiary/aromatic N) is 2. The van der Waals surface area contributed by atoms with Crippen molar-refractivity contribution in [1.29, 1.82) is 0 Å². The molecule has 4 rings (SSSR count). The van der Waals surface area contributed by atoms with Gasteiger partial charge in [-0.25, -0.2) is 4.98 Å². The number of fused-ring (bicyclic) bond motifs is 1. The molecule has 126 valence electrons. The molecule has 0 saturated heterocycles. The standard InChI is InChI=1S/C21H21N3O/c1-16-23-14-20(24(16)19-8-3-2-4-9-19)13-22-12-17-11-18-7-5-6-10-21(18)25-15-17/h2-11,14,22H,12-13,15H2,1H3. The fourth-order valence-corrected chi connectivity index (χ4v) is 3.16. The van der Waals surface area contributed by atoms with E-state index < -0.39 is 0 Å². The van der Waals surface area contributed by atoms with Crippen LogP contribution >= 0.6 is 0 Å². The van der Waals surface area contributed by atoms with Crippen molar-refractivity contribution < 1.29 is 4.74 Å². The summed E-state index contributed by atoms with van der Waals surface area (Å²) in [5, 5.41) is 3.52. The molecule has 1 aliphatic rings. The molecule has 4 heteroatoms. The van der Waals surface area contributed by atoms with E-state index in [0.717, 1.165) is 41.6 Å². The Bertz CT molecular complexity index is 897. The van der Waals surface area contributed by atoms with E-state index in [1.807, 2.05) is 49.5 Å². The number of benzene rings is 2. The van der Waals surface area contributed by atoms with Crippen LogP contribution in [-0.2, 0) is 6.54 Å². The summed E-state index contributed by atoms with van der Waals surface area (Å²) in [5.41, 5.74) is 4.70. The summed E-state index contributed by atoms with van der Waals surface area (Å²) in [4.78, 5) is 4.47. The van der Waals surface area contributed by atoms with Crippen LogP contribution in [0.4, 0.5) is 0 Å². The molecule has 2 heterocycles. The van der Waals surface area contributed by atoms with Crippen LogP contribution in [-0.4, -0.2) is 22.7 Å². The number of ether oxygens (including phenoxy) is 1. The van der Waals surface area contributed by atoms with Gasteiger partial charge in [-0.15, -0.1) is 0 Å². The molecule has 4 nitrogen and oxygen atoms in total.